The van der Waals surface area contributed by atoms with E-state index in [9.17, 15) is 14.4 Å². The predicted octanol–water partition coefficient (Wildman–Crippen LogP) is 0.0726. The molecule has 0 atom stereocenters. The number of hydrogen-bond donors (Lipinski definition) is 0. The summed E-state index contributed by atoms with van der Waals surface area (Å²) in [4.78, 5) is 37.2. The quantitative estimate of drug-likeness (QED) is 0.273. The maximum atomic E-state index is 11.2. The van der Waals surface area contributed by atoms with Gasteiger partial charge in [-0.1, -0.05) is 5.16 Å². The second-order valence-electron chi connectivity index (χ2n) is 3.59. The Morgan fingerprint density at radius 1 is 1.35 bits per heavy atom. The topological polar surface area (TPSA) is 91.3 Å². The van der Waals surface area contributed by atoms with Gasteiger partial charge in [0.2, 0.25) is 5.71 Å². The third kappa shape index (κ3) is 5.10. The smallest absolute Gasteiger partial charge is 0.359 e. The van der Waals surface area contributed by atoms with Crippen LogP contribution in [0.15, 0.2) is 5.16 Å². The summed E-state index contributed by atoms with van der Waals surface area (Å²) in [5.41, 5.74) is -1.41. The van der Waals surface area contributed by atoms with E-state index in [1.165, 1.54) is 20.8 Å². The van der Waals surface area contributed by atoms with Crippen LogP contribution in [0.25, 0.3) is 0 Å². The molecule has 0 saturated carbocycles. The normalized spacial score (nSPS) is 11.6. The Morgan fingerprint density at radius 3 is 2.35 bits per heavy atom. The lowest BCUT2D eigenvalue weighted by Gasteiger charge is -2.18. The van der Waals surface area contributed by atoms with E-state index in [0.29, 0.717) is 0 Å². The highest BCUT2D eigenvalue weighted by molar-refractivity contribution is 6.37. The summed E-state index contributed by atoms with van der Waals surface area (Å²) in [6.45, 7) is 4.09. The van der Waals surface area contributed by atoms with Crippen molar-refractivity contribution in [3.63, 3.8) is 0 Å². The first-order valence-corrected chi connectivity index (χ1v) is 4.74. The number of methoxy groups -OCH3 is 1. The first kappa shape index (κ1) is 15.1. The molecule has 0 bridgehead atoms. The number of carbonyl (C=O) groups is 3. The number of carbonyl (C=O) groups excluding carboxylic acids is 3. The lowest BCUT2D eigenvalue weighted by atomic mass is 10.1. The molecule has 0 amide bonds. The van der Waals surface area contributed by atoms with E-state index in [1.54, 1.807) is 0 Å². The van der Waals surface area contributed by atoms with Crippen LogP contribution >= 0.6 is 0 Å². The van der Waals surface area contributed by atoms with Crippen LogP contribution in [0.3, 0.4) is 0 Å². The standard InChI is InChI=1S/C10H15NO6/c1-7(13)10(2,3)17-11-8(5-16-6-12)9(14)15-4/h6H,5H2,1-4H3/b11-8+. The Labute approximate surface area is 98.7 Å². The fourth-order valence-electron chi connectivity index (χ4n) is 0.587. The van der Waals surface area contributed by atoms with Crippen LogP contribution in [0.2, 0.25) is 0 Å². The third-order valence-electron chi connectivity index (χ3n) is 1.94. The second kappa shape index (κ2) is 6.62. The van der Waals surface area contributed by atoms with Crippen molar-refractivity contribution < 1.29 is 28.7 Å². The zero-order valence-electron chi connectivity index (χ0n) is 10.2. The van der Waals surface area contributed by atoms with Crippen LogP contribution in [-0.4, -0.2) is 43.3 Å². The fraction of sp³-hybridized carbons (Fsp3) is 0.600. The summed E-state index contributed by atoms with van der Waals surface area (Å²) in [7, 11) is 1.15. The van der Waals surface area contributed by atoms with Gasteiger partial charge in [-0.05, 0) is 20.8 Å². The van der Waals surface area contributed by atoms with Gasteiger partial charge in [0.05, 0.1) is 7.11 Å². The zero-order valence-corrected chi connectivity index (χ0v) is 10.2. The molecule has 0 heterocycles. The van der Waals surface area contributed by atoms with Gasteiger partial charge in [-0.25, -0.2) is 4.79 Å². The van der Waals surface area contributed by atoms with Gasteiger partial charge in [0.25, 0.3) is 6.47 Å². The van der Waals surface area contributed by atoms with Gasteiger partial charge in [-0.15, -0.1) is 0 Å². The average Bonchev–Trinajstić information content (AvgIpc) is 2.28. The largest absolute Gasteiger partial charge is 0.464 e. The summed E-state index contributed by atoms with van der Waals surface area (Å²) < 4.78 is 8.77. The predicted molar refractivity (Wildman–Crippen MR) is 57.3 cm³/mol. The number of ketones is 1. The minimum Gasteiger partial charge on any atom is -0.464 e. The molecule has 0 fully saturated rings. The molecule has 0 saturated heterocycles. The van der Waals surface area contributed by atoms with Gasteiger partial charge in [-0.2, -0.15) is 0 Å². The molecule has 0 rings (SSSR count). The summed E-state index contributed by atoms with van der Waals surface area (Å²) in [6.07, 6.45) is 0. The van der Waals surface area contributed by atoms with Crippen molar-refractivity contribution in [1.82, 2.24) is 0 Å². The molecule has 7 heteroatoms. The van der Waals surface area contributed by atoms with Crippen molar-refractivity contribution in [3.8, 4) is 0 Å². The number of nitrogens with zero attached hydrogens (tertiary/aromatic N) is 1. The molecule has 96 valence electrons. The van der Waals surface area contributed by atoms with Crippen molar-refractivity contribution in [2.24, 2.45) is 5.16 Å². The third-order valence-corrected chi connectivity index (χ3v) is 1.94. The molecule has 0 aliphatic rings. The van der Waals surface area contributed by atoms with Gasteiger partial charge in [-0.3, -0.25) is 9.59 Å². The van der Waals surface area contributed by atoms with E-state index < -0.39 is 11.6 Å². The average molecular weight is 245 g/mol. The van der Waals surface area contributed by atoms with E-state index in [-0.39, 0.29) is 24.6 Å². The Hall–Kier alpha value is -1.92. The molecule has 0 aliphatic carbocycles. The molecular formula is C10H15NO6. The summed E-state index contributed by atoms with van der Waals surface area (Å²) in [5, 5.41) is 3.46. The first-order chi connectivity index (χ1) is 7.85. The minimum atomic E-state index is -1.17. The zero-order chi connectivity index (χ0) is 13.5. The molecule has 17 heavy (non-hydrogen) atoms. The van der Waals surface area contributed by atoms with Crippen molar-refractivity contribution in [3.05, 3.63) is 0 Å². The van der Waals surface area contributed by atoms with Gasteiger partial charge in [0, 0.05) is 0 Å². The number of hydrogen-bond acceptors (Lipinski definition) is 7. The van der Waals surface area contributed by atoms with E-state index in [1.807, 2.05) is 0 Å². The molecule has 0 unspecified atom stereocenters. The van der Waals surface area contributed by atoms with E-state index in [2.05, 4.69) is 14.6 Å². The SMILES string of the molecule is COC(=O)/C(COC=O)=N/OC(C)(C)C(C)=O. The Kier molecular flexibility index (Phi) is 5.87. The number of rotatable bonds is 7. The Balaban J connectivity index is 4.74. The van der Waals surface area contributed by atoms with Gasteiger partial charge < -0.3 is 14.3 Å². The molecular weight excluding hydrogens is 230 g/mol. The Bertz CT molecular complexity index is 334. The van der Waals surface area contributed by atoms with Crippen LogP contribution in [0.1, 0.15) is 20.8 Å². The van der Waals surface area contributed by atoms with Gasteiger partial charge >= 0.3 is 5.97 Å². The molecule has 0 N–H and O–H groups in total. The number of ether oxygens (including phenoxy) is 2. The van der Waals surface area contributed by atoms with Crippen LogP contribution in [-0.2, 0) is 28.7 Å². The summed E-state index contributed by atoms with van der Waals surface area (Å²) in [5.74, 6) is -1.06. The van der Waals surface area contributed by atoms with Gasteiger partial charge in [0.15, 0.2) is 11.4 Å². The monoisotopic (exact) mass is 245 g/mol. The van der Waals surface area contributed by atoms with E-state index >= 15 is 0 Å². The maximum absolute atomic E-state index is 11.2. The van der Waals surface area contributed by atoms with Crippen LogP contribution in [0.4, 0.5) is 0 Å². The lowest BCUT2D eigenvalue weighted by Crippen LogP contribution is -2.32. The summed E-state index contributed by atoms with van der Waals surface area (Å²) >= 11 is 0. The van der Waals surface area contributed by atoms with E-state index in [4.69, 9.17) is 4.84 Å². The molecule has 0 aromatic heterocycles. The minimum absolute atomic E-state index is 0.161. The van der Waals surface area contributed by atoms with Crippen LogP contribution < -0.4 is 0 Å². The molecule has 0 aliphatic heterocycles. The fourth-order valence-corrected chi connectivity index (χ4v) is 0.587. The molecule has 0 aromatic carbocycles. The lowest BCUT2D eigenvalue weighted by molar-refractivity contribution is -0.140. The van der Waals surface area contributed by atoms with Crippen LogP contribution in [0.5, 0.6) is 0 Å². The highest BCUT2D eigenvalue weighted by Crippen LogP contribution is 2.10. The van der Waals surface area contributed by atoms with Crippen LogP contribution in [0, 0.1) is 0 Å². The second-order valence-corrected chi connectivity index (χ2v) is 3.59. The van der Waals surface area contributed by atoms with Gasteiger partial charge in [0.1, 0.15) is 6.61 Å². The number of Topliss-reactive ketones (excluding diaryl/α,β-unsaturated/α-hetero) is 1. The number of esters is 1. The first-order valence-electron chi connectivity index (χ1n) is 4.74. The molecule has 7 nitrogen and oxygen atoms in total. The highest BCUT2D eigenvalue weighted by Gasteiger charge is 2.27. The molecule has 0 radical (unpaired) electrons. The maximum Gasteiger partial charge on any atom is 0.359 e. The highest BCUT2D eigenvalue weighted by atomic mass is 16.7. The van der Waals surface area contributed by atoms with Crippen molar-refractivity contribution in [1.29, 1.82) is 0 Å². The van der Waals surface area contributed by atoms with Crippen molar-refractivity contribution >= 4 is 23.9 Å². The molecule has 0 aromatic rings. The number of oxime groups is 1. The van der Waals surface area contributed by atoms with Crippen molar-refractivity contribution in [2.45, 2.75) is 26.4 Å². The summed E-state index contributed by atoms with van der Waals surface area (Å²) in [6, 6.07) is 0. The Morgan fingerprint density at radius 2 is 1.94 bits per heavy atom. The van der Waals surface area contributed by atoms with E-state index in [0.717, 1.165) is 7.11 Å². The van der Waals surface area contributed by atoms with Crippen molar-refractivity contribution in [2.75, 3.05) is 13.7 Å². The molecule has 0 spiro atoms.